The van der Waals surface area contributed by atoms with Gasteiger partial charge in [-0.25, -0.2) is 9.78 Å². The summed E-state index contributed by atoms with van der Waals surface area (Å²) in [5.41, 5.74) is 0.812. The number of nitrogens with zero attached hydrogens (tertiary/aromatic N) is 2. The molecule has 1 aromatic carbocycles. The maximum atomic E-state index is 12.3. The Morgan fingerprint density at radius 3 is 2.85 bits per heavy atom. The number of aromatic carboxylic acids is 1. The summed E-state index contributed by atoms with van der Waals surface area (Å²) in [6, 6.07) is 7.99. The smallest absolute Gasteiger partial charge is 0.339 e. The number of rotatable bonds is 4. The van der Waals surface area contributed by atoms with Gasteiger partial charge in [0.25, 0.3) is 5.91 Å². The zero-order valence-corrected chi connectivity index (χ0v) is 15.2. The number of carbonyl (C=O) groups is 2. The average molecular weight is 374 g/mol. The number of pyridine rings is 1. The molecule has 2 heterocycles. The Kier molecular flexibility index (Phi) is 5.42. The van der Waals surface area contributed by atoms with Crippen molar-refractivity contribution in [1.29, 1.82) is 0 Å². The predicted molar refractivity (Wildman–Crippen MR) is 101 cm³/mol. The molecule has 26 heavy (non-hydrogen) atoms. The van der Waals surface area contributed by atoms with Crippen molar-refractivity contribution in [3.8, 4) is 0 Å². The molecule has 2 aromatic rings. The summed E-state index contributed by atoms with van der Waals surface area (Å²) in [4.78, 5) is 30.4. The second kappa shape index (κ2) is 7.74. The molecule has 1 aliphatic rings. The van der Waals surface area contributed by atoms with Gasteiger partial charge in [0.05, 0.1) is 11.9 Å². The molecular formula is C19H20ClN3O3. The molecule has 0 bridgehead atoms. The number of hydrogen-bond donors (Lipinski definition) is 2. The van der Waals surface area contributed by atoms with Crippen molar-refractivity contribution in [3.05, 3.63) is 52.7 Å². The highest BCUT2D eigenvalue weighted by Gasteiger charge is 2.23. The van der Waals surface area contributed by atoms with Gasteiger partial charge in [-0.3, -0.25) is 4.79 Å². The highest BCUT2D eigenvalue weighted by molar-refractivity contribution is 6.31. The minimum atomic E-state index is -1.07. The van der Waals surface area contributed by atoms with Crippen LogP contribution in [0.25, 0.3) is 0 Å². The summed E-state index contributed by atoms with van der Waals surface area (Å²) in [6.45, 7) is 3.71. The zero-order chi connectivity index (χ0) is 18.7. The van der Waals surface area contributed by atoms with Gasteiger partial charge in [0.2, 0.25) is 0 Å². The van der Waals surface area contributed by atoms with Crippen molar-refractivity contribution in [1.82, 2.24) is 4.98 Å². The summed E-state index contributed by atoms with van der Waals surface area (Å²) in [5.74, 6) is -0.492. The van der Waals surface area contributed by atoms with Crippen molar-refractivity contribution >= 4 is 35.0 Å². The number of carboxylic acids is 1. The van der Waals surface area contributed by atoms with Crippen molar-refractivity contribution in [2.45, 2.75) is 19.8 Å². The molecule has 3 rings (SSSR count). The van der Waals surface area contributed by atoms with Gasteiger partial charge < -0.3 is 15.3 Å². The van der Waals surface area contributed by atoms with Crippen molar-refractivity contribution < 1.29 is 14.7 Å². The zero-order valence-electron chi connectivity index (χ0n) is 14.4. The third kappa shape index (κ3) is 4.14. The van der Waals surface area contributed by atoms with E-state index >= 15 is 0 Å². The van der Waals surface area contributed by atoms with Crippen LogP contribution in [0.1, 0.15) is 40.5 Å². The summed E-state index contributed by atoms with van der Waals surface area (Å²) in [7, 11) is 0. The fourth-order valence-corrected chi connectivity index (χ4v) is 3.34. The van der Waals surface area contributed by atoms with Crippen LogP contribution in [0, 0.1) is 5.92 Å². The van der Waals surface area contributed by atoms with E-state index in [-0.39, 0.29) is 11.5 Å². The van der Waals surface area contributed by atoms with Crippen molar-refractivity contribution in [3.63, 3.8) is 0 Å². The first-order chi connectivity index (χ1) is 12.4. The second-order valence-corrected chi connectivity index (χ2v) is 6.99. The Bertz CT molecular complexity index is 841. The number of halogens is 1. The summed E-state index contributed by atoms with van der Waals surface area (Å²) in [6.07, 6.45) is 3.63. The Morgan fingerprint density at radius 1 is 1.35 bits per heavy atom. The standard InChI is InChI=1S/C19H20ClN3O3/c1-12-4-3-7-23(11-12)17-16(19(25)26)9-15(10-21-17)22-18(24)13-5-2-6-14(20)8-13/h2,5-6,8-10,12H,3-4,7,11H2,1H3,(H,22,24)(H,25,26). The number of benzene rings is 1. The van der Waals surface area contributed by atoms with Gasteiger partial charge in [0.15, 0.2) is 0 Å². The topological polar surface area (TPSA) is 82.5 Å². The van der Waals surface area contributed by atoms with Crippen molar-refractivity contribution in [2.75, 3.05) is 23.3 Å². The molecule has 1 amide bonds. The van der Waals surface area contributed by atoms with Crippen LogP contribution in [0.5, 0.6) is 0 Å². The first-order valence-electron chi connectivity index (χ1n) is 8.49. The molecule has 1 fully saturated rings. The minimum absolute atomic E-state index is 0.0861. The summed E-state index contributed by atoms with van der Waals surface area (Å²) < 4.78 is 0. The van der Waals surface area contributed by atoms with Crippen LogP contribution < -0.4 is 10.2 Å². The number of piperidine rings is 1. The Morgan fingerprint density at radius 2 is 2.15 bits per heavy atom. The minimum Gasteiger partial charge on any atom is -0.478 e. The van der Waals surface area contributed by atoms with E-state index in [0.717, 1.165) is 25.9 Å². The van der Waals surface area contributed by atoms with Gasteiger partial charge in [-0.2, -0.15) is 0 Å². The molecule has 0 spiro atoms. The third-order valence-corrected chi connectivity index (χ3v) is 4.63. The second-order valence-electron chi connectivity index (χ2n) is 6.56. The number of aromatic nitrogens is 1. The van der Waals surface area contributed by atoms with Crippen LogP contribution in [0.3, 0.4) is 0 Å². The highest BCUT2D eigenvalue weighted by Crippen LogP contribution is 2.26. The average Bonchev–Trinajstić information content (AvgIpc) is 2.61. The largest absolute Gasteiger partial charge is 0.478 e. The molecule has 0 saturated carbocycles. The van der Waals surface area contributed by atoms with E-state index in [0.29, 0.717) is 28.0 Å². The van der Waals surface area contributed by atoms with Gasteiger partial charge >= 0.3 is 5.97 Å². The van der Waals surface area contributed by atoms with Gasteiger partial charge in [-0.15, -0.1) is 0 Å². The van der Waals surface area contributed by atoms with Crippen LogP contribution in [0.15, 0.2) is 36.5 Å². The van der Waals surface area contributed by atoms with E-state index in [1.165, 1.54) is 12.3 Å². The lowest BCUT2D eigenvalue weighted by Gasteiger charge is -2.32. The number of hydrogen-bond acceptors (Lipinski definition) is 4. The van der Waals surface area contributed by atoms with Crippen molar-refractivity contribution in [2.24, 2.45) is 5.92 Å². The van der Waals surface area contributed by atoms with E-state index in [9.17, 15) is 14.7 Å². The maximum Gasteiger partial charge on any atom is 0.339 e. The van der Waals surface area contributed by atoms with Gasteiger partial charge in [-0.1, -0.05) is 24.6 Å². The molecule has 136 valence electrons. The molecule has 1 atom stereocenters. The summed E-state index contributed by atoms with van der Waals surface area (Å²) >= 11 is 5.90. The van der Waals surface area contributed by atoms with Gasteiger partial charge in [0.1, 0.15) is 11.4 Å². The first-order valence-corrected chi connectivity index (χ1v) is 8.87. The molecule has 1 unspecified atom stereocenters. The van der Waals surface area contributed by atoms with E-state index in [2.05, 4.69) is 17.2 Å². The molecule has 0 radical (unpaired) electrons. The molecule has 6 nitrogen and oxygen atoms in total. The molecule has 0 aliphatic carbocycles. The fraction of sp³-hybridized carbons (Fsp3) is 0.316. The Hall–Kier alpha value is -2.60. The van der Waals surface area contributed by atoms with Crippen LogP contribution in [0.4, 0.5) is 11.5 Å². The first kappa shape index (κ1) is 18.2. The van der Waals surface area contributed by atoms with Crippen LogP contribution in [-0.2, 0) is 0 Å². The lowest BCUT2D eigenvalue weighted by atomic mass is 10.00. The Balaban J connectivity index is 1.84. The lowest BCUT2D eigenvalue weighted by molar-refractivity contribution is 0.0696. The monoisotopic (exact) mass is 373 g/mol. The van der Waals surface area contributed by atoms with E-state index in [1.807, 2.05) is 4.90 Å². The van der Waals surface area contributed by atoms with Gasteiger partial charge in [-0.05, 0) is 43.0 Å². The molecule has 1 aromatic heterocycles. The molecule has 2 N–H and O–H groups in total. The molecule has 1 saturated heterocycles. The van der Waals surface area contributed by atoms with Crippen LogP contribution >= 0.6 is 11.6 Å². The van der Waals surface area contributed by atoms with Gasteiger partial charge in [0, 0.05) is 23.7 Å². The third-order valence-electron chi connectivity index (χ3n) is 4.40. The maximum absolute atomic E-state index is 12.3. The highest BCUT2D eigenvalue weighted by atomic mass is 35.5. The SMILES string of the molecule is CC1CCCN(c2ncc(NC(=O)c3cccc(Cl)c3)cc2C(=O)O)C1. The fourth-order valence-electron chi connectivity index (χ4n) is 3.15. The molecule has 7 heteroatoms. The number of amides is 1. The number of carboxylic acid groups (broad SMARTS) is 1. The molecular weight excluding hydrogens is 354 g/mol. The van der Waals surface area contributed by atoms with Crippen LogP contribution in [0.2, 0.25) is 5.02 Å². The summed E-state index contributed by atoms with van der Waals surface area (Å²) in [5, 5.41) is 12.7. The lowest BCUT2D eigenvalue weighted by Crippen LogP contribution is -2.36. The predicted octanol–water partition coefficient (Wildman–Crippen LogP) is 3.92. The van der Waals surface area contributed by atoms with E-state index < -0.39 is 5.97 Å². The molecule has 1 aliphatic heterocycles. The van der Waals surface area contributed by atoms with E-state index in [4.69, 9.17) is 11.6 Å². The number of nitrogens with one attached hydrogen (secondary N) is 1. The van der Waals surface area contributed by atoms with Crippen LogP contribution in [-0.4, -0.2) is 35.1 Å². The van der Waals surface area contributed by atoms with E-state index in [1.54, 1.807) is 24.3 Å². The number of anilines is 2. The normalized spacial score (nSPS) is 17.0. The Labute approximate surface area is 156 Å². The quantitative estimate of drug-likeness (QED) is 0.848. The number of carbonyl (C=O) groups excluding carboxylic acids is 1.